The van der Waals surface area contributed by atoms with E-state index in [4.69, 9.17) is 47.2 Å². The minimum absolute atomic E-state index is 0.0155. The van der Waals surface area contributed by atoms with E-state index in [0.717, 1.165) is 38.5 Å². The Kier molecular flexibility index (Phi) is 53.3. The number of ketones is 6. The molecule has 115 heavy (non-hydrogen) atoms. The average Bonchev–Trinajstić information content (AvgIpc) is 1.71. The van der Waals surface area contributed by atoms with Crippen LogP contribution in [0.15, 0.2) is 0 Å². The highest BCUT2D eigenvalue weighted by atomic mass is 31.2. The Bertz CT molecular complexity index is 2570. The summed E-state index contributed by atoms with van der Waals surface area (Å²) in [5.74, 6) is -2.79. The molecule has 4 rings (SSSR count). The summed E-state index contributed by atoms with van der Waals surface area (Å²) in [5, 5.41) is 106. The van der Waals surface area contributed by atoms with Gasteiger partial charge in [-0.2, -0.15) is 0 Å². The van der Waals surface area contributed by atoms with Crippen molar-refractivity contribution in [3.05, 3.63) is 6.66 Å². The van der Waals surface area contributed by atoms with Crippen molar-refractivity contribution in [2.45, 2.75) is 332 Å². The van der Waals surface area contributed by atoms with Crippen molar-refractivity contribution in [3.8, 4) is 0 Å². The lowest BCUT2D eigenvalue weighted by atomic mass is 9.83. The smallest absolute Gasteiger partial charge is 0.222 e. The van der Waals surface area contributed by atoms with Gasteiger partial charge in [-0.3, -0.25) is 42.9 Å². The molecule has 2 amide bonds. The molecule has 1 saturated carbocycles. The van der Waals surface area contributed by atoms with Crippen molar-refractivity contribution in [1.29, 1.82) is 0 Å². The predicted octanol–water partition coefficient (Wildman–Crippen LogP) is 5.59. The molecule has 4 fully saturated rings. The van der Waals surface area contributed by atoms with Gasteiger partial charge < -0.3 is 114 Å². The van der Waals surface area contributed by atoms with Gasteiger partial charge in [-0.05, 0) is 102 Å². The van der Waals surface area contributed by atoms with Crippen molar-refractivity contribution >= 4 is 54.1 Å². The first-order valence-corrected chi connectivity index (χ1v) is 44.4. The van der Waals surface area contributed by atoms with Gasteiger partial charge >= 0.3 is 0 Å². The fourth-order valence-electron chi connectivity index (χ4n) is 14.9. The first kappa shape index (κ1) is 104. The zero-order chi connectivity index (χ0) is 84.6. The van der Waals surface area contributed by atoms with Gasteiger partial charge in [0.15, 0.2) is 26.5 Å². The van der Waals surface area contributed by atoms with E-state index in [2.05, 4.69) is 17.3 Å². The third-order valence-electron chi connectivity index (χ3n) is 22.3. The first-order valence-electron chi connectivity index (χ1n) is 42.6. The monoisotopic (exact) mass is 1670 g/mol. The summed E-state index contributed by atoms with van der Waals surface area (Å²) in [5.41, 5.74) is -1.10. The number of aliphatic hydroxyl groups is 10. The van der Waals surface area contributed by atoms with E-state index in [0.29, 0.717) is 148 Å². The molecule has 19 atom stereocenters. The largest absolute Gasteiger partial charge is 0.394 e. The lowest BCUT2D eigenvalue weighted by Crippen LogP contribution is -2.55. The van der Waals surface area contributed by atoms with Gasteiger partial charge in [-0.25, -0.2) is 6.66 Å². The van der Waals surface area contributed by atoms with Gasteiger partial charge in [0.1, 0.15) is 71.3 Å². The highest BCUT2D eigenvalue weighted by Gasteiger charge is 2.46. The summed E-state index contributed by atoms with van der Waals surface area (Å²) in [6.45, 7) is 7.80. The third kappa shape index (κ3) is 42.6. The Morgan fingerprint density at radius 1 is 0.400 bits per heavy atom. The fourth-order valence-corrected chi connectivity index (χ4v) is 15.3. The third-order valence-corrected chi connectivity index (χ3v) is 22.8. The lowest BCUT2D eigenvalue weighted by Gasteiger charge is -2.40. The van der Waals surface area contributed by atoms with Gasteiger partial charge in [0.25, 0.3) is 0 Å². The van der Waals surface area contributed by atoms with E-state index in [1.54, 1.807) is 20.8 Å². The zero-order valence-electron chi connectivity index (χ0n) is 68.8. The maximum absolute atomic E-state index is 14.2. The fraction of sp³-hybridized carbons (Fsp3) is 0.890. The molecular weight excluding hydrogens is 1520 g/mol. The molecule has 0 aromatic carbocycles. The van der Waals surface area contributed by atoms with Crippen LogP contribution in [0, 0.1) is 41.7 Å². The number of nitrogens with one attached hydrogen (secondary N) is 2. The maximum Gasteiger partial charge on any atom is 0.222 e. The quantitative estimate of drug-likeness (QED) is 0.0200. The molecule has 0 spiro atoms. The minimum atomic E-state index is -3.97. The van der Waals surface area contributed by atoms with Crippen LogP contribution in [0.3, 0.4) is 0 Å². The highest BCUT2D eigenvalue weighted by Crippen LogP contribution is 2.43. The van der Waals surface area contributed by atoms with Crippen LogP contribution in [-0.4, -0.2) is 281 Å². The van der Waals surface area contributed by atoms with Gasteiger partial charge in [-0.15, -0.1) is 0 Å². The molecule has 3 aliphatic heterocycles. The summed E-state index contributed by atoms with van der Waals surface area (Å²) in [6, 6.07) is 0. The topological polar surface area (TPSA) is 493 Å². The number of hydrogen-bond acceptors (Lipinski definition) is 29. The Morgan fingerprint density at radius 2 is 0.722 bits per heavy atom. The van der Waals surface area contributed by atoms with Crippen LogP contribution in [-0.2, 0) is 90.1 Å². The van der Waals surface area contributed by atoms with E-state index in [9.17, 15) is 98.9 Å². The Balaban J connectivity index is 1.28. The Morgan fingerprint density at radius 3 is 1.10 bits per heavy atom. The summed E-state index contributed by atoms with van der Waals surface area (Å²) in [4.78, 5) is 114. The number of ether oxygens (including phenoxy) is 9. The summed E-state index contributed by atoms with van der Waals surface area (Å²) >= 11 is 0. The van der Waals surface area contributed by atoms with Crippen molar-refractivity contribution in [2.24, 2.45) is 35.0 Å². The second kappa shape index (κ2) is 59.2. The molecule has 4 aliphatic rings. The number of aliphatic hydroxyl groups excluding tert-OH is 10. The number of carbonyl (C=O) groups is 8. The normalized spacial score (nSPS) is 27.4. The molecule has 0 aromatic rings. The molecule has 32 nitrogen and oxygen atoms in total. The van der Waals surface area contributed by atoms with E-state index in [1.165, 1.54) is 0 Å². The summed E-state index contributed by atoms with van der Waals surface area (Å²) in [6.07, 6.45) is 4.47. The van der Waals surface area contributed by atoms with Crippen LogP contribution in [0.2, 0.25) is 0 Å². The van der Waals surface area contributed by atoms with E-state index >= 15 is 0 Å². The molecule has 33 heteroatoms. The number of rotatable bonds is 69. The van der Waals surface area contributed by atoms with Gasteiger partial charge in [-0.1, -0.05) is 72.1 Å². The van der Waals surface area contributed by atoms with Crippen LogP contribution in [0.1, 0.15) is 252 Å². The molecule has 3 saturated heterocycles. The van der Waals surface area contributed by atoms with Crippen molar-refractivity contribution in [3.63, 3.8) is 0 Å². The number of Topliss-reactive ketones (excluding diaryl/α,β-unsaturated/α-hetero) is 6. The molecule has 0 radical (unpaired) electrons. The number of hydrogen-bond donors (Lipinski definition) is 13. The van der Waals surface area contributed by atoms with Gasteiger partial charge in [0.2, 0.25) is 11.8 Å². The first-order chi connectivity index (χ1) is 55.0. The van der Waals surface area contributed by atoms with Crippen molar-refractivity contribution in [1.82, 2.24) is 10.6 Å². The van der Waals surface area contributed by atoms with Crippen LogP contribution in [0.25, 0.3) is 0 Å². The van der Waals surface area contributed by atoms with E-state index in [1.807, 2.05) is 0 Å². The van der Waals surface area contributed by atoms with Gasteiger partial charge in [0, 0.05) is 145 Å². The van der Waals surface area contributed by atoms with E-state index < -0.39 is 136 Å². The molecule has 0 aromatic heterocycles. The average molecular weight is 1670 g/mol. The lowest BCUT2D eigenvalue weighted by molar-refractivity contribution is -0.282. The van der Waals surface area contributed by atoms with Crippen LogP contribution < -0.4 is 10.6 Å². The molecular formula is C82H144N2O30P-. The molecule has 668 valence electrons. The summed E-state index contributed by atoms with van der Waals surface area (Å²) < 4.78 is 69.4. The highest BCUT2D eigenvalue weighted by molar-refractivity contribution is 7.54. The molecule has 17 unspecified atom stereocenters. The summed E-state index contributed by atoms with van der Waals surface area (Å²) in [7, 11) is -3.97. The SMILES string of the molecule is [CH2-]P(=O)(O)OC[C@@H]1C[C@@H](O)CC1C(=O)CCCCCCCCCCC(=O)CC(COCCC(=O)CCCCCC(=O)CCCCOC1OC(CO)C(O)C(O)C1C)(COCCC(=O)CCCCCC(=O)CCCCOC1OC(CO)C(O)C(O)C1C)COCCC(=O)NCCCNC(=O)CCCCOC1OC(CO)C(O)C(O)C1C. The van der Waals surface area contributed by atoms with Gasteiger partial charge in [0.05, 0.1) is 90.5 Å². The molecule has 0 bridgehead atoms. The van der Waals surface area contributed by atoms with Crippen LogP contribution in [0.5, 0.6) is 0 Å². The maximum atomic E-state index is 14.2. The minimum Gasteiger partial charge on any atom is -0.394 e. The van der Waals surface area contributed by atoms with Crippen molar-refractivity contribution < 1.29 is 146 Å². The number of carbonyl (C=O) groups excluding carboxylic acids is 8. The molecule has 1 aliphatic carbocycles. The standard InChI is InChI=1S/C82H144N2O30P/c1-56-73(97)76(100)68(49-85)112-79(56)108-40-22-19-30-60(88)26-14-11-16-28-62(90)35-43-105-53-82(48-64(92)32-13-9-7-5-6-8-10-18-33-67(94)66-47-65(93)46-59(66)52-111-115(4,103)104,54-106-44-36-63(91)29-17-12-15-27-61(89)31-20-23-41-109-80-57(2)74(98)77(101)69(50-86)113-80)55-107-45-37-72(96)84-39-25-38-83-71(95)34-21-24-42-110-81-58(3)75(99)78(102)70(51-87)114-81/h56-59,65-66,68-70,73-81,85-87,93,97-102H,4-55H2,1-3H3,(H,83,95)(H,84,96)(H,103,104)/q-1/t56?,57?,58?,59-,65+,66?,68?,69?,70?,73?,74?,75?,76?,77?,78?,79?,80?,81?,82?/m0/s1. The Labute approximate surface area is 680 Å². The van der Waals surface area contributed by atoms with E-state index in [-0.39, 0.29) is 176 Å². The second-order valence-electron chi connectivity index (χ2n) is 32.4. The number of unbranched alkanes of at least 4 members (excludes halogenated alkanes) is 14. The van der Waals surface area contributed by atoms with Crippen LogP contribution >= 0.6 is 7.60 Å². The molecule has 13 N–H and O–H groups in total. The Hall–Kier alpha value is -3.65. The van der Waals surface area contributed by atoms with Crippen LogP contribution in [0.4, 0.5) is 0 Å². The molecule has 3 heterocycles. The second-order valence-corrected chi connectivity index (χ2v) is 33.9. The predicted molar refractivity (Wildman–Crippen MR) is 420 cm³/mol. The van der Waals surface area contributed by atoms with Crippen molar-refractivity contribution in [2.75, 3.05) is 99.0 Å². The number of amides is 2. The zero-order valence-corrected chi connectivity index (χ0v) is 69.7.